The Balaban J connectivity index is 2.04. The quantitative estimate of drug-likeness (QED) is 0.550. The van der Waals surface area contributed by atoms with Crippen LogP contribution in [-0.2, 0) is 0 Å². The molecule has 0 spiro atoms. The van der Waals surface area contributed by atoms with E-state index in [0.717, 1.165) is 6.42 Å². The Morgan fingerprint density at radius 2 is 1.90 bits per heavy atom. The zero-order valence-corrected chi connectivity index (χ0v) is 5.69. The maximum Gasteiger partial charge on any atom is 0.254 e. The first kappa shape index (κ1) is 6.53. The number of nitrogens with two attached hydrogens (primary N) is 1. The van der Waals surface area contributed by atoms with Crippen LogP contribution in [0.15, 0.2) is 0 Å². The van der Waals surface area contributed by atoms with Gasteiger partial charge in [-0.1, -0.05) is 0 Å². The molecule has 0 unspecified atom stereocenters. The van der Waals surface area contributed by atoms with Crippen LogP contribution in [0.5, 0.6) is 0 Å². The Kier molecular flexibility index (Phi) is 1.11. The largest absolute Gasteiger partial charge is 0.328 e. The van der Waals surface area contributed by atoms with E-state index in [0.29, 0.717) is 12.8 Å². The van der Waals surface area contributed by atoms with Crippen LogP contribution in [-0.4, -0.2) is 12.0 Å². The van der Waals surface area contributed by atoms with Crippen molar-refractivity contribution in [2.75, 3.05) is 0 Å². The molecule has 2 rings (SSSR count). The molecule has 3 heteroatoms. The number of hydrogen-bond acceptors (Lipinski definition) is 1. The summed E-state index contributed by atoms with van der Waals surface area (Å²) in [5, 5.41) is 0. The molecule has 0 aliphatic heterocycles. The molecule has 2 saturated carbocycles. The zero-order valence-electron chi connectivity index (χ0n) is 5.69. The van der Waals surface area contributed by atoms with E-state index in [1.165, 1.54) is 0 Å². The van der Waals surface area contributed by atoms with Gasteiger partial charge in [-0.25, -0.2) is 8.78 Å². The second-order valence-corrected chi connectivity index (χ2v) is 3.46. The number of rotatable bonds is 0. The van der Waals surface area contributed by atoms with Crippen LogP contribution in [0.4, 0.5) is 8.78 Å². The lowest BCUT2D eigenvalue weighted by molar-refractivity contribution is 0.0848. The lowest BCUT2D eigenvalue weighted by atomic mass is 9.97. The van der Waals surface area contributed by atoms with Crippen molar-refractivity contribution in [3.05, 3.63) is 0 Å². The minimum atomic E-state index is -2.35. The molecule has 0 aromatic carbocycles. The summed E-state index contributed by atoms with van der Waals surface area (Å²) in [7, 11) is 0. The van der Waals surface area contributed by atoms with Crippen LogP contribution < -0.4 is 5.73 Å². The molecule has 3 atom stereocenters. The van der Waals surface area contributed by atoms with Crippen LogP contribution in [0.1, 0.15) is 19.3 Å². The third-order valence-electron chi connectivity index (χ3n) is 2.77. The van der Waals surface area contributed by atoms with Gasteiger partial charge >= 0.3 is 0 Å². The molecule has 58 valence electrons. The molecule has 0 heterocycles. The summed E-state index contributed by atoms with van der Waals surface area (Å²) >= 11 is 0. The lowest BCUT2D eigenvalue weighted by Crippen LogP contribution is -2.23. The lowest BCUT2D eigenvalue weighted by Gasteiger charge is -2.13. The first-order valence-electron chi connectivity index (χ1n) is 3.75. The Morgan fingerprint density at radius 1 is 1.20 bits per heavy atom. The van der Waals surface area contributed by atoms with Crippen molar-refractivity contribution in [1.29, 1.82) is 0 Å². The van der Waals surface area contributed by atoms with E-state index < -0.39 is 5.92 Å². The third kappa shape index (κ3) is 0.698. The predicted octanol–water partition coefficient (Wildman–Crippen LogP) is 1.38. The van der Waals surface area contributed by atoms with Gasteiger partial charge in [0.2, 0.25) is 0 Å². The van der Waals surface area contributed by atoms with E-state index in [9.17, 15) is 8.78 Å². The van der Waals surface area contributed by atoms with Crippen molar-refractivity contribution in [2.45, 2.75) is 31.2 Å². The van der Waals surface area contributed by atoms with Crippen LogP contribution in [0.25, 0.3) is 0 Å². The third-order valence-corrected chi connectivity index (χ3v) is 2.77. The molecule has 0 aromatic rings. The average molecular weight is 147 g/mol. The molecular formula is C7H11F2N. The van der Waals surface area contributed by atoms with Gasteiger partial charge in [-0.15, -0.1) is 0 Å². The van der Waals surface area contributed by atoms with Gasteiger partial charge in [0.1, 0.15) is 0 Å². The van der Waals surface area contributed by atoms with E-state index in [1.807, 2.05) is 0 Å². The smallest absolute Gasteiger partial charge is 0.254 e. The molecule has 0 radical (unpaired) electrons. The zero-order chi connectivity index (χ0) is 7.35. The highest BCUT2D eigenvalue weighted by atomic mass is 19.3. The van der Waals surface area contributed by atoms with Crippen molar-refractivity contribution in [1.82, 2.24) is 0 Å². The summed E-state index contributed by atoms with van der Waals surface area (Å²) in [6.07, 6.45) is 1.97. The van der Waals surface area contributed by atoms with Crippen LogP contribution in [0.2, 0.25) is 0 Å². The van der Waals surface area contributed by atoms with Crippen LogP contribution in [0, 0.1) is 11.8 Å². The van der Waals surface area contributed by atoms with E-state index in [-0.39, 0.29) is 17.9 Å². The Labute approximate surface area is 58.6 Å². The fourth-order valence-electron chi connectivity index (χ4n) is 2.01. The van der Waals surface area contributed by atoms with E-state index >= 15 is 0 Å². The molecule has 2 aliphatic carbocycles. The van der Waals surface area contributed by atoms with E-state index in [1.54, 1.807) is 0 Å². The van der Waals surface area contributed by atoms with Gasteiger partial charge in [0.15, 0.2) is 0 Å². The fraction of sp³-hybridized carbons (Fsp3) is 1.00. The van der Waals surface area contributed by atoms with Crippen molar-refractivity contribution in [2.24, 2.45) is 17.6 Å². The van der Waals surface area contributed by atoms with Crippen molar-refractivity contribution in [3.63, 3.8) is 0 Å². The summed E-state index contributed by atoms with van der Waals surface area (Å²) in [4.78, 5) is 0. The molecule has 0 aromatic heterocycles. The van der Waals surface area contributed by atoms with Gasteiger partial charge in [0.05, 0.1) is 0 Å². The van der Waals surface area contributed by atoms with E-state index in [2.05, 4.69) is 0 Å². The molecule has 0 bridgehead atoms. The molecule has 0 saturated heterocycles. The molecule has 1 nitrogen and oxygen atoms in total. The average Bonchev–Trinajstić information content (AvgIpc) is 2.36. The van der Waals surface area contributed by atoms with Gasteiger partial charge in [0.25, 0.3) is 5.92 Å². The summed E-state index contributed by atoms with van der Waals surface area (Å²) in [6, 6.07) is 0.0367. The normalized spacial score (nSPS) is 50.1. The number of halogens is 2. The SMILES string of the molecule is N[C@@H]1CC[C@@H]2[C@H](C1)C2(F)F. The van der Waals surface area contributed by atoms with Crippen molar-refractivity contribution in [3.8, 4) is 0 Å². The maximum atomic E-state index is 12.6. The van der Waals surface area contributed by atoms with Gasteiger partial charge in [-0.05, 0) is 19.3 Å². The van der Waals surface area contributed by atoms with Crippen molar-refractivity contribution < 1.29 is 8.78 Å². The number of hydrogen-bond donors (Lipinski definition) is 1. The molecule has 2 N–H and O–H groups in total. The van der Waals surface area contributed by atoms with Crippen LogP contribution in [0.3, 0.4) is 0 Å². The first-order valence-corrected chi connectivity index (χ1v) is 3.75. The molecule has 2 fully saturated rings. The molecular weight excluding hydrogens is 136 g/mol. The summed E-state index contributed by atoms with van der Waals surface area (Å²) in [5.41, 5.74) is 5.54. The Bertz CT molecular complexity index is 158. The fourth-order valence-corrected chi connectivity index (χ4v) is 2.01. The van der Waals surface area contributed by atoms with Gasteiger partial charge < -0.3 is 5.73 Å². The van der Waals surface area contributed by atoms with Crippen molar-refractivity contribution >= 4 is 0 Å². The minimum absolute atomic E-state index is 0.0367. The molecule has 0 amide bonds. The van der Waals surface area contributed by atoms with E-state index in [4.69, 9.17) is 5.73 Å². The van der Waals surface area contributed by atoms with Gasteiger partial charge in [0, 0.05) is 17.9 Å². The second kappa shape index (κ2) is 1.70. The van der Waals surface area contributed by atoms with Gasteiger partial charge in [-0.2, -0.15) is 0 Å². The minimum Gasteiger partial charge on any atom is -0.328 e. The Hall–Kier alpha value is -0.180. The topological polar surface area (TPSA) is 26.0 Å². The predicted molar refractivity (Wildman–Crippen MR) is 33.8 cm³/mol. The monoisotopic (exact) mass is 147 g/mol. The maximum absolute atomic E-state index is 12.6. The number of alkyl halides is 2. The van der Waals surface area contributed by atoms with Crippen LogP contribution >= 0.6 is 0 Å². The summed E-state index contributed by atoms with van der Waals surface area (Å²) < 4.78 is 25.2. The molecule has 10 heavy (non-hydrogen) atoms. The highest BCUT2D eigenvalue weighted by Crippen LogP contribution is 2.61. The first-order chi connectivity index (χ1) is 4.62. The second-order valence-electron chi connectivity index (χ2n) is 3.46. The standard InChI is InChI=1S/C7H11F2N/c8-7(9)5-2-1-4(10)3-6(5)7/h4-6H,1-3,10H2/t4-,5-,6+/m1/s1. The highest BCUT2D eigenvalue weighted by molar-refractivity contribution is 5.08. The Morgan fingerprint density at radius 3 is 2.40 bits per heavy atom. The molecule has 2 aliphatic rings. The summed E-state index contributed by atoms with van der Waals surface area (Å²) in [5.74, 6) is -3.03. The summed E-state index contributed by atoms with van der Waals surface area (Å²) in [6.45, 7) is 0. The van der Waals surface area contributed by atoms with Gasteiger partial charge in [-0.3, -0.25) is 0 Å². The highest BCUT2D eigenvalue weighted by Gasteiger charge is 2.68. The number of fused-ring (bicyclic) bond motifs is 1.